The summed E-state index contributed by atoms with van der Waals surface area (Å²) < 4.78 is 10.1. The van der Waals surface area contributed by atoms with Gasteiger partial charge in [-0.25, -0.2) is 0 Å². The lowest BCUT2D eigenvalue weighted by molar-refractivity contribution is -0.129. The van der Waals surface area contributed by atoms with Crippen LogP contribution in [0.15, 0.2) is 24.3 Å². The molecule has 19 heavy (non-hydrogen) atoms. The molecular formula is C14H20ClNO3. The summed E-state index contributed by atoms with van der Waals surface area (Å²) in [6.45, 7) is 0.899. The smallest absolute Gasteiger partial charge is 0.226 e. The lowest BCUT2D eigenvalue weighted by Gasteiger charge is -2.20. The van der Waals surface area contributed by atoms with Crippen molar-refractivity contribution in [1.29, 1.82) is 0 Å². The molecule has 1 atom stereocenters. The molecule has 1 unspecified atom stereocenters. The van der Waals surface area contributed by atoms with Crippen molar-refractivity contribution in [1.82, 2.24) is 4.90 Å². The highest BCUT2D eigenvalue weighted by atomic mass is 35.5. The molecule has 0 aromatic heterocycles. The van der Waals surface area contributed by atoms with E-state index in [0.29, 0.717) is 19.6 Å². The topological polar surface area (TPSA) is 38.8 Å². The third-order valence-corrected chi connectivity index (χ3v) is 3.00. The Kier molecular flexibility index (Phi) is 6.67. The Morgan fingerprint density at radius 2 is 2.16 bits per heavy atom. The number of benzene rings is 1. The molecule has 106 valence electrons. The van der Waals surface area contributed by atoms with E-state index in [1.165, 1.54) is 0 Å². The summed E-state index contributed by atoms with van der Waals surface area (Å²) in [5, 5.41) is -0.191. The van der Waals surface area contributed by atoms with E-state index in [1.54, 1.807) is 26.2 Å². The van der Waals surface area contributed by atoms with E-state index in [-0.39, 0.29) is 11.3 Å². The van der Waals surface area contributed by atoms with E-state index in [9.17, 15) is 4.79 Å². The molecule has 0 aliphatic rings. The molecule has 0 bridgehead atoms. The standard InChI is InChI=1S/C14H20ClNO3/c1-16(9-12(15)10-18-2)14(17)8-11-5-4-6-13(7-11)19-3/h4-7,12H,8-10H2,1-3H3. The summed E-state index contributed by atoms with van der Waals surface area (Å²) in [6.07, 6.45) is 0.338. The van der Waals surface area contributed by atoms with E-state index < -0.39 is 0 Å². The lowest BCUT2D eigenvalue weighted by Crippen LogP contribution is -2.34. The second-order valence-corrected chi connectivity index (χ2v) is 4.97. The Hall–Kier alpha value is -1.26. The lowest BCUT2D eigenvalue weighted by atomic mass is 10.1. The number of hydrogen-bond acceptors (Lipinski definition) is 3. The Morgan fingerprint density at radius 1 is 1.42 bits per heavy atom. The highest BCUT2D eigenvalue weighted by Crippen LogP contribution is 2.13. The van der Waals surface area contributed by atoms with Gasteiger partial charge < -0.3 is 14.4 Å². The van der Waals surface area contributed by atoms with Crippen LogP contribution < -0.4 is 4.74 Å². The maximum absolute atomic E-state index is 12.0. The summed E-state index contributed by atoms with van der Waals surface area (Å²) in [4.78, 5) is 13.7. The van der Waals surface area contributed by atoms with Crippen LogP contribution in [0.2, 0.25) is 0 Å². The second kappa shape index (κ2) is 8.02. The second-order valence-electron chi connectivity index (χ2n) is 4.36. The molecule has 1 amide bonds. The molecule has 0 saturated heterocycles. The van der Waals surface area contributed by atoms with Gasteiger partial charge in [0.25, 0.3) is 0 Å². The van der Waals surface area contributed by atoms with Crippen molar-refractivity contribution in [2.45, 2.75) is 11.8 Å². The fourth-order valence-electron chi connectivity index (χ4n) is 1.72. The minimum Gasteiger partial charge on any atom is -0.497 e. The normalized spacial score (nSPS) is 12.0. The van der Waals surface area contributed by atoms with Gasteiger partial charge in [0.15, 0.2) is 0 Å². The number of hydrogen-bond donors (Lipinski definition) is 0. The number of ether oxygens (including phenoxy) is 2. The van der Waals surface area contributed by atoms with Gasteiger partial charge in [-0.3, -0.25) is 4.79 Å². The van der Waals surface area contributed by atoms with E-state index in [1.807, 2.05) is 24.3 Å². The van der Waals surface area contributed by atoms with Crippen molar-refractivity contribution in [3.63, 3.8) is 0 Å². The highest BCUT2D eigenvalue weighted by molar-refractivity contribution is 6.21. The molecular weight excluding hydrogens is 266 g/mol. The Morgan fingerprint density at radius 3 is 2.79 bits per heavy atom. The van der Waals surface area contributed by atoms with Crippen molar-refractivity contribution in [2.75, 3.05) is 34.4 Å². The number of carbonyl (C=O) groups excluding carboxylic acids is 1. The average molecular weight is 286 g/mol. The molecule has 0 heterocycles. The highest BCUT2D eigenvalue weighted by Gasteiger charge is 2.14. The van der Waals surface area contributed by atoms with Gasteiger partial charge in [0.1, 0.15) is 5.75 Å². The van der Waals surface area contributed by atoms with Gasteiger partial charge in [0.2, 0.25) is 5.91 Å². The molecule has 0 aliphatic heterocycles. The van der Waals surface area contributed by atoms with Gasteiger partial charge in [-0.2, -0.15) is 0 Å². The zero-order valence-electron chi connectivity index (χ0n) is 11.6. The predicted octanol–water partition coefficient (Wildman–Crippen LogP) is 1.95. The molecule has 5 heteroatoms. The number of carbonyl (C=O) groups is 1. The SMILES string of the molecule is COCC(Cl)CN(C)C(=O)Cc1cccc(OC)c1. The van der Waals surface area contributed by atoms with Crippen LogP contribution in [0.5, 0.6) is 5.75 Å². The fraction of sp³-hybridized carbons (Fsp3) is 0.500. The van der Waals surface area contributed by atoms with Gasteiger partial charge in [-0.05, 0) is 17.7 Å². The van der Waals surface area contributed by atoms with Crippen molar-refractivity contribution in [3.05, 3.63) is 29.8 Å². The average Bonchev–Trinajstić information content (AvgIpc) is 2.39. The van der Waals surface area contributed by atoms with Gasteiger partial charge in [0.05, 0.1) is 25.5 Å². The third-order valence-electron chi connectivity index (χ3n) is 2.73. The molecule has 1 aromatic carbocycles. The summed E-state index contributed by atoms with van der Waals surface area (Å²) >= 11 is 6.03. The van der Waals surface area contributed by atoms with Crippen molar-refractivity contribution < 1.29 is 14.3 Å². The number of amides is 1. The first kappa shape index (κ1) is 15.8. The number of rotatable bonds is 7. The van der Waals surface area contributed by atoms with Crippen molar-refractivity contribution >= 4 is 17.5 Å². The number of likely N-dealkylation sites (N-methyl/N-ethyl adjacent to an activating group) is 1. The van der Waals surface area contributed by atoms with Crippen LogP contribution >= 0.6 is 11.6 Å². The molecule has 4 nitrogen and oxygen atoms in total. The first-order chi connectivity index (χ1) is 9.06. The molecule has 0 fully saturated rings. The molecule has 0 spiro atoms. The van der Waals surface area contributed by atoms with E-state index in [0.717, 1.165) is 11.3 Å². The van der Waals surface area contributed by atoms with Crippen LogP contribution in [0, 0.1) is 0 Å². The quantitative estimate of drug-likeness (QED) is 0.719. The number of halogens is 1. The van der Waals surface area contributed by atoms with Gasteiger partial charge in [-0.1, -0.05) is 12.1 Å². The van der Waals surface area contributed by atoms with Crippen LogP contribution in [0.1, 0.15) is 5.56 Å². The number of nitrogens with zero attached hydrogens (tertiary/aromatic N) is 1. The zero-order valence-corrected chi connectivity index (χ0v) is 12.3. The van der Waals surface area contributed by atoms with Gasteiger partial charge >= 0.3 is 0 Å². The van der Waals surface area contributed by atoms with Crippen LogP contribution in [0.3, 0.4) is 0 Å². The Bertz CT molecular complexity index is 411. The Labute approximate surface area is 119 Å². The monoisotopic (exact) mass is 285 g/mol. The molecule has 1 aromatic rings. The van der Waals surface area contributed by atoms with Gasteiger partial charge in [0, 0.05) is 20.7 Å². The third kappa shape index (κ3) is 5.49. The molecule has 0 saturated carbocycles. The fourth-order valence-corrected chi connectivity index (χ4v) is 2.06. The van der Waals surface area contributed by atoms with E-state index in [2.05, 4.69) is 0 Å². The largest absolute Gasteiger partial charge is 0.497 e. The molecule has 1 rings (SSSR count). The van der Waals surface area contributed by atoms with Crippen LogP contribution in [0.25, 0.3) is 0 Å². The van der Waals surface area contributed by atoms with Crippen molar-refractivity contribution in [3.8, 4) is 5.75 Å². The van der Waals surface area contributed by atoms with Gasteiger partial charge in [-0.15, -0.1) is 11.6 Å². The minimum absolute atomic E-state index is 0.0232. The zero-order chi connectivity index (χ0) is 14.3. The molecule has 0 N–H and O–H groups in total. The molecule has 0 aliphatic carbocycles. The summed E-state index contributed by atoms with van der Waals surface area (Å²) in [6, 6.07) is 7.49. The molecule has 0 radical (unpaired) electrons. The number of alkyl halides is 1. The van der Waals surface area contributed by atoms with E-state index >= 15 is 0 Å². The summed E-state index contributed by atoms with van der Waals surface area (Å²) in [5.41, 5.74) is 0.925. The maximum atomic E-state index is 12.0. The van der Waals surface area contributed by atoms with Crippen LogP contribution in [-0.2, 0) is 16.0 Å². The summed E-state index contributed by atoms with van der Waals surface area (Å²) in [5.74, 6) is 0.776. The van der Waals surface area contributed by atoms with Crippen LogP contribution in [0.4, 0.5) is 0 Å². The number of methoxy groups -OCH3 is 2. The first-order valence-electron chi connectivity index (χ1n) is 6.06. The predicted molar refractivity (Wildman–Crippen MR) is 75.9 cm³/mol. The summed E-state index contributed by atoms with van der Waals surface area (Å²) in [7, 11) is 4.94. The van der Waals surface area contributed by atoms with E-state index in [4.69, 9.17) is 21.1 Å². The minimum atomic E-state index is -0.191. The van der Waals surface area contributed by atoms with Crippen LogP contribution in [-0.4, -0.2) is 50.6 Å². The first-order valence-corrected chi connectivity index (χ1v) is 6.50. The Balaban J connectivity index is 2.53. The maximum Gasteiger partial charge on any atom is 0.226 e. The van der Waals surface area contributed by atoms with Crippen molar-refractivity contribution in [2.24, 2.45) is 0 Å².